The maximum atomic E-state index is 10.7. The number of phenols is 2. The molecular weight excluding hydrogens is 368 g/mol. The molecule has 2 saturated carbocycles. The maximum absolute atomic E-state index is 10.7. The van der Waals surface area contributed by atoms with Gasteiger partial charge in [0, 0.05) is 11.0 Å². The van der Waals surface area contributed by atoms with Crippen LogP contribution in [-0.2, 0) is 16.2 Å². The topological polar surface area (TPSA) is 40.5 Å². The number of benzene rings is 2. The van der Waals surface area contributed by atoms with Crippen LogP contribution in [-0.4, -0.2) is 10.2 Å². The fraction of sp³-hybridized carbons (Fsp3) is 0.571. The van der Waals surface area contributed by atoms with Crippen molar-refractivity contribution in [2.24, 2.45) is 0 Å². The van der Waals surface area contributed by atoms with E-state index in [1.165, 1.54) is 48.8 Å². The van der Waals surface area contributed by atoms with Gasteiger partial charge in [-0.15, -0.1) is 0 Å². The van der Waals surface area contributed by atoms with E-state index in [1.54, 1.807) is 0 Å². The van der Waals surface area contributed by atoms with Gasteiger partial charge in [-0.1, -0.05) is 77.6 Å². The van der Waals surface area contributed by atoms with Gasteiger partial charge in [0.25, 0.3) is 0 Å². The van der Waals surface area contributed by atoms with Crippen molar-refractivity contribution < 1.29 is 10.2 Å². The summed E-state index contributed by atoms with van der Waals surface area (Å²) < 4.78 is 0. The Labute approximate surface area is 182 Å². The molecule has 30 heavy (non-hydrogen) atoms. The Morgan fingerprint density at radius 1 is 0.800 bits per heavy atom. The third-order valence-corrected chi connectivity index (χ3v) is 7.77. The average Bonchev–Trinajstić information content (AvgIpc) is 3.49. The van der Waals surface area contributed by atoms with Gasteiger partial charge in [-0.3, -0.25) is 0 Å². The Morgan fingerprint density at radius 2 is 1.40 bits per heavy atom. The fourth-order valence-electron chi connectivity index (χ4n) is 5.88. The molecule has 0 aliphatic heterocycles. The highest BCUT2D eigenvalue weighted by atomic mass is 16.3. The zero-order valence-corrected chi connectivity index (χ0v) is 19.2. The Kier molecular flexibility index (Phi) is 5.41. The summed E-state index contributed by atoms with van der Waals surface area (Å²) in [4.78, 5) is 0. The lowest BCUT2D eigenvalue weighted by molar-refractivity contribution is 0.343. The molecule has 162 valence electrons. The number of hydrogen-bond donors (Lipinski definition) is 2. The zero-order valence-electron chi connectivity index (χ0n) is 19.2. The Morgan fingerprint density at radius 3 is 1.97 bits per heavy atom. The first-order valence-corrected chi connectivity index (χ1v) is 11.9. The van der Waals surface area contributed by atoms with E-state index in [0.717, 1.165) is 31.2 Å². The standard InChI is InChI=1S/C28H38O2/c1-5-13-27(16-17-27)23-19-21(10-12-25(23)30)28(14-7-6-8-15-28)20-9-11-24(29)22(18-20)26(2,3)4/h9-12,18-19,29-30H,5-8,13-17H2,1-4H3. The number of aromatic hydroxyl groups is 2. The Hall–Kier alpha value is -1.96. The first kappa shape index (κ1) is 21.3. The number of rotatable bonds is 5. The van der Waals surface area contributed by atoms with E-state index in [-0.39, 0.29) is 16.2 Å². The van der Waals surface area contributed by atoms with Gasteiger partial charge in [0.2, 0.25) is 0 Å². The minimum Gasteiger partial charge on any atom is -0.508 e. The van der Waals surface area contributed by atoms with Crippen molar-refractivity contribution in [2.45, 2.75) is 102 Å². The van der Waals surface area contributed by atoms with Crippen LogP contribution in [0.4, 0.5) is 0 Å². The van der Waals surface area contributed by atoms with Crippen LogP contribution in [0.15, 0.2) is 36.4 Å². The van der Waals surface area contributed by atoms with Crippen molar-refractivity contribution in [1.29, 1.82) is 0 Å². The van der Waals surface area contributed by atoms with Gasteiger partial charge in [0.15, 0.2) is 0 Å². The molecule has 4 rings (SSSR count). The molecule has 2 aromatic rings. The largest absolute Gasteiger partial charge is 0.508 e. The van der Waals surface area contributed by atoms with Gasteiger partial charge in [-0.25, -0.2) is 0 Å². The predicted molar refractivity (Wildman–Crippen MR) is 125 cm³/mol. The molecule has 2 aliphatic carbocycles. The van der Waals surface area contributed by atoms with Crippen LogP contribution >= 0.6 is 0 Å². The summed E-state index contributed by atoms with van der Waals surface area (Å²) >= 11 is 0. The fourth-order valence-corrected chi connectivity index (χ4v) is 5.88. The van der Waals surface area contributed by atoms with E-state index in [9.17, 15) is 10.2 Å². The molecule has 0 aromatic heterocycles. The van der Waals surface area contributed by atoms with Crippen molar-refractivity contribution >= 4 is 0 Å². The van der Waals surface area contributed by atoms with Gasteiger partial charge < -0.3 is 10.2 Å². The molecular formula is C28H38O2. The highest BCUT2D eigenvalue weighted by Crippen LogP contribution is 2.56. The second kappa shape index (κ2) is 7.62. The van der Waals surface area contributed by atoms with E-state index in [2.05, 4.69) is 52.0 Å². The van der Waals surface area contributed by atoms with Gasteiger partial charge in [-0.05, 0) is 71.8 Å². The third kappa shape index (κ3) is 3.63. The van der Waals surface area contributed by atoms with E-state index >= 15 is 0 Å². The molecule has 0 bridgehead atoms. The van der Waals surface area contributed by atoms with Crippen LogP contribution in [0.5, 0.6) is 11.5 Å². The van der Waals surface area contributed by atoms with Crippen LogP contribution in [0.3, 0.4) is 0 Å². The zero-order chi connectivity index (χ0) is 21.6. The molecule has 0 atom stereocenters. The Balaban J connectivity index is 1.85. The summed E-state index contributed by atoms with van der Waals surface area (Å²) in [6.07, 6.45) is 10.7. The third-order valence-electron chi connectivity index (χ3n) is 7.77. The smallest absolute Gasteiger partial charge is 0.119 e. The van der Waals surface area contributed by atoms with Gasteiger partial charge in [-0.2, -0.15) is 0 Å². The van der Waals surface area contributed by atoms with Gasteiger partial charge in [0.05, 0.1) is 0 Å². The highest BCUT2D eigenvalue weighted by Gasteiger charge is 2.46. The molecule has 0 unspecified atom stereocenters. The van der Waals surface area contributed by atoms with Crippen LogP contribution in [0.2, 0.25) is 0 Å². The summed E-state index contributed by atoms with van der Waals surface area (Å²) in [5.74, 6) is 0.861. The van der Waals surface area contributed by atoms with Crippen molar-refractivity contribution in [1.82, 2.24) is 0 Å². The monoisotopic (exact) mass is 406 g/mol. The van der Waals surface area contributed by atoms with Crippen molar-refractivity contribution in [3.8, 4) is 11.5 Å². The lowest BCUT2D eigenvalue weighted by Crippen LogP contribution is -2.31. The SMILES string of the molecule is CCCC1(c2cc(C3(c4ccc(O)c(C(C)(C)C)c4)CCCCC3)ccc2O)CC1. The molecule has 2 heteroatoms. The van der Waals surface area contributed by atoms with Gasteiger partial charge >= 0.3 is 0 Å². The molecule has 2 aromatic carbocycles. The molecule has 0 saturated heterocycles. The first-order valence-electron chi connectivity index (χ1n) is 11.9. The minimum atomic E-state index is -0.102. The lowest BCUT2D eigenvalue weighted by atomic mass is 9.64. The van der Waals surface area contributed by atoms with Crippen molar-refractivity contribution in [2.75, 3.05) is 0 Å². The maximum Gasteiger partial charge on any atom is 0.119 e. The summed E-state index contributed by atoms with van der Waals surface area (Å²) in [6, 6.07) is 12.7. The number of phenolic OH excluding ortho intramolecular Hbond substituents is 2. The summed E-state index contributed by atoms with van der Waals surface area (Å²) in [5.41, 5.74) is 4.92. The summed E-state index contributed by atoms with van der Waals surface area (Å²) in [7, 11) is 0. The highest BCUT2D eigenvalue weighted by molar-refractivity contribution is 5.52. The second-order valence-corrected chi connectivity index (χ2v) is 10.9. The number of hydrogen-bond acceptors (Lipinski definition) is 2. The summed E-state index contributed by atoms with van der Waals surface area (Å²) in [6.45, 7) is 8.74. The minimum absolute atomic E-state index is 0.0311. The van der Waals surface area contributed by atoms with Crippen LogP contribution in [0.1, 0.15) is 108 Å². The average molecular weight is 407 g/mol. The molecule has 0 amide bonds. The van der Waals surface area contributed by atoms with Crippen LogP contribution in [0, 0.1) is 0 Å². The van der Waals surface area contributed by atoms with Gasteiger partial charge in [0.1, 0.15) is 11.5 Å². The molecule has 2 aliphatic rings. The molecule has 2 fully saturated rings. The van der Waals surface area contributed by atoms with Crippen LogP contribution in [0.25, 0.3) is 0 Å². The van der Waals surface area contributed by atoms with E-state index < -0.39 is 0 Å². The predicted octanol–water partition coefficient (Wildman–Crippen LogP) is 7.48. The second-order valence-electron chi connectivity index (χ2n) is 10.9. The normalized spacial score (nSPS) is 20.1. The van der Waals surface area contributed by atoms with E-state index in [1.807, 2.05) is 12.1 Å². The lowest BCUT2D eigenvalue weighted by Gasteiger charge is -2.40. The molecule has 0 heterocycles. The quantitative estimate of drug-likeness (QED) is 0.540. The summed E-state index contributed by atoms with van der Waals surface area (Å²) in [5, 5.41) is 21.3. The molecule has 2 N–H and O–H groups in total. The Bertz CT molecular complexity index is 909. The van der Waals surface area contributed by atoms with Crippen molar-refractivity contribution in [3.63, 3.8) is 0 Å². The molecule has 0 radical (unpaired) electrons. The van der Waals surface area contributed by atoms with Crippen molar-refractivity contribution in [3.05, 3.63) is 58.7 Å². The van der Waals surface area contributed by atoms with E-state index in [0.29, 0.717) is 11.5 Å². The molecule has 0 spiro atoms. The molecule has 2 nitrogen and oxygen atoms in total. The van der Waals surface area contributed by atoms with E-state index in [4.69, 9.17) is 0 Å². The first-order chi connectivity index (χ1) is 14.2. The van der Waals surface area contributed by atoms with Crippen LogP contribution < -0.4 is 0 Å².